The maximum atomic E-state index is 12.6. The van der Waals surface area contributed by atoms with Gasteiger partial charge in [-0.05, 0) is 30.0 Å². The molecule has 4 aromatic carbocycles. The van der Waals surface area contributed by atoms with Gasteiger partial charge in [0.25, 0.3) is 0 Å². The highest BCUT2D eigenvalue weighted by molar-refractivity contribution is 5.82. The highest BCUT2D eigenvalue weighted by Crippen LogP contribution is 2.28. The van der Waals surface area contributed by atoms with Gasteiger partial charge in [0.2, 0.25) is 10.9 Å². The monoisotopic (exact) mass is 381 g/mol. The van der Waals surface area contributed by atoms with Gasteiger partial charge in [0.15, 0.2) is 0 Å². The Morgan fingerprint density at radius 2 is 1.28 bits per heavy atom. The van der Waals surface area contributed by atoms with Gasteiger partial charge in [-0.15, -0.1) is 0 Å². The Kier molecular flexibility index (Phi) is 5.39. The van der Waals surface area contributed by atoms with Crippen LogP contribution in [0.1, 0.15) is 16.7 Å². The summed E-state index contributed by atoms with van der Waals surface area (Å²) in [6.45, 7) is 3.27. The van der Waals surface area contributed by atoms with Crippen LogP contribution in [0.3, 0.4) is 0 Å². The standard InChI is InChI=1S/C26H23NO2/c1-19-12-14-22(15-13-19)23-24(26(29)25(23)28)27(18-21-10-6-3-7-11-21)17-16-20-8-4-2-5-9-20/h2-15H,16-18H2,1H3. The lowest BCUT2D eigenvalue weighted by Gasteiger charge is -2.28. The zero-order chi connectivity index (χ0) is 20.2. The summed E-state index contributed by atoms with van der Waals surface area (Å²) in [5.41, 5.74) is 4.57. The first-order chi connectivity index (χ1) is 14.1. The fraction of sp³-hybridized carbons (Fsp3) is 0.154. The van der Waals surface area contributed by atoms with Gasteiger partial charge in [0, 0.05) is 13.1 Å². The number of hydrogen-bond donors (Lipinski definition) is 0. The van der Waals surface area contributed by atoms with Gasteiger partial charge in [-0.1, -0.05) is 90.5 Å². The fourth-order valence-electron chi connectivity index (χ4n) is 3.65. The van der Waals surface area contributed by atoms with Crippen molar-refractivity contribution in [3.63, 3.8) is 0 Å². The predicted octanol–water partition coefficient (Wildman–Crippen LogP) is 4.51. The van der Waals surface area contributed by atoms with E-state index in [9.17, 15) is 9.59 Å². The molecule has 0 amide bonds. The predicted molar refractivity (Wildman–Crippen MR) is 119 cm³/mol. The molecule has 0 atom stereocenters. The molecule has 0 aliphatic carbocycles. The van der Waals surface area contributed by atoms with Crippen LogP contribution in [0, 0.1) is 6.92 Å². The third kappa shape index (κ3) is 4.04. The van der Waals surface area contributed by atoms with E-state index in [0.29, 0.717) is 24.3 Å². The van der Waals surface area contributed by atoms with Crippen LogP contribution >= 0.6 is 0 Å². The van der Waals surface area contributed by atoms with Crippen molar-refractivity contribution >= 4 is 5.69 Å². The molecule has 0 spiro atoms. The minimum atomic E-state index is -0.387. The number of benzene rings is 3. The Labute approximate surface area is 170 Å². The quantitative estimate of drug-likeness (QED) is 0.442. The summed E-state index contributed by atoms with van der Waals surface area (Å²) in [4.78, 5) is 27.1. The summed E-state index contributed by atoms with van der Waals surface area (Å²) in [7, 11) is 0. The van der Waals surface area contributed by atoms with Crippen molar-refractivity contribution in [2.24, 2.45) is 0 Å². The number of hydrogen-bond acceptors (Lipinski definition) is 3. The first-order valence-corrected chi connectivity index (χ1v) is 9.86. The Hall–Kier alpha value is -3.46. The van der Waals surface area contributed by atoms with Gasteiger partial charge in [0.1, 0.15) is 5.69 Å². The molecule has 0 N–H and O–H groups in total. The van der Waals surface area contributed by atoms with E-state index in [1.54, 1.807) is 0 Å². The first kappa shape index (κ1) is 18.9. The van der Waals surface area contributed by atoms with Gasteiger partial charge in [-0.25, -0.2) is 0 Å². The number of anilines is 1. The van der Waals surface area contributed by atoms with Crippen molar-refractivity contribution < 1.29 is 0 Å². The van der Waals surface area contributed by atoms with E-state index in [2.05, 4.69) is 17.0 Å². The van der Waals surface area contributed by atoms with E-state index in [1.807, 2.05) is 79.7 Å². The van der Waals surface area contributed by atoms with E-state index >= 15 is 0 Å². The van der Waals surface area contributed by atoms with Crippen LogP contribution in [0.4, 0.5) is 5.69 Å². The number of nitrogens with zero attached hydrogens (tertiary/aromatic N) is 1. The smallest absolute Gasteiger partial charge is 0.250 e. The number of aryl methyl sites for hydroxylation is 1. The molecule has 0 unspecified atom stereocenters. The van der Waals surface area contributed by atoms with E-state index < -0.39 is 0 Å². The summed E-state index contributed by atoms with van der Waals surface area (Å²) in [6.07, 6.45) is 0.805. The van der Waals surface area contributed by atoms with Crippen LogP contribution in [-0.2, 0) is 13.0 Å². The van der Waals surface area contributed by atoms with Crippen molar-refractivity contribution in [3.8, 4) is 11.1 Å². The minimum absolute atomic E-state index is 0.385. The van der Waals surface area contributed by atoms with E-state index in [4.69, 9.17) is 0 Å². The molecule has 0 aromatic heterocycles. The zero-order valence-corrected chi connectivity index (χ0v) is 16.5. The summed E-state index contributed by atoms with van der Waals surface area (Å²) in [5, 5.41) is 0. The third-order valence-corrected chi connectivity index (χ3v) is 5.27. The minimum Gasteiger partial charge on any atom is -0.363 e. The molecule has 144 valence electrons. The van der Waals surface area contributed by atoms with Crippen molar-refractivity contribution in [1.82, 2.24) is 0 Å². The lowest BCUT2D eigenvalue weighted by molar-refractivity contribution is 0.775. The molecule has 4 rings (SSSR count). The normalized spacial score (nSPS) is 10.9. The molecule has 0 heterocycles. The lowest BCUT2D eigenvalue weighted by atomic mass is 9.96. The van der Waals surface area contributed by atoms with E-state index in [1.165, 1.54) is 5.56 Å². The maximum Gasteiger partial charge on any atom is 0.250 e. The molecular formula is C26H23NO2. The molecule has 4 aromatic rings. The second kappa shape index (κ2) is 8.27. The first-order valence-electron chi connectivity index (χ1n) is 9.86. The summed E-state index contributed by atoms with van der Waals surface area (Å²) < 4.78 is 0. The van der Waals surface area contributed by atoms with Crippen LogP contribution in [0.25, 0.3) is 11.1 Å². The molecule has 3 nitrogen and oxygen atoms in total. The van der Waals surface area contributed by atoms with Gasteiger partial charge in [-0.3, -0.25) is 9.59 Å². The second-order valence-corrected chi connectivity index (χ2v) is 7.39. The average Bonchev–Trinajstić information content (AvgIpc) is 2.77. The molecule has 3 heteroatoms. The molecule has 0 radical (unpaired) electrons. The molecule has 0 aliphatic heterocycles. The van der Waals surface area contributed by atoms with Crippen LogP contribution in [0.15, 0.2) is 94.5 Å². The molecule has 0 aliphatic rings. The number of rotatable bonds is 7. The summed E-state index contributed by atoms with van der Waals surface area (Å²) in [6, 6.07) is 28.1. The highest BCUT2D eigenvalue weighted by atomic mass is 16.2. The van der Waals surface area contributed by atoms with Gasteiger partial charge < -0.3 is 4.90 Å². The zero-order valence-electron chi connectivity index (χ0n) is 16.5. The van der Waals surface area contributed by atoms with Gasteiger partial charge in [0.05, 0.1) is 5.56 Å². The Bertz CT molecular complexity index is 1160. The Morgan fingerprint density at radius 3 is 1.90 bits per heavy atom. The fourth-order valence-corrected chi connectivity index (χ4v) is 3.65. The Balaban J connectivity index is 1.69. The molecule has 29 heavy (non-hydrogen) atoms. The van der Waals surface area contributed by atoms with Crippen LogP contribution < -0.4 is 15.8 Å². The van der Waals surface area contributed by atoms with Crippen LogP contribution in [0.2, 0.25) is 0 Å². The van der Waals surface area contributed by atoms with Crippen molar-refractivity contribution in [2.75, 3.05) is 11.4 Å². The third-order valence-electron chi connectivity index (χ3n) is 5.27. The van der Waals surface area contributed by atoms with E-state index in [0.717, 1.165) is 23.1 Å². The largest absolute Gasteiger partial charge is 0.363 e. The summed E-state index contributed by atoms with van der Waals surface area (Å²) in [5.74, 6) is 0. The van der Waals surface area contributed by atoms with Crippen LogP contribution in [0.5, 0.6) is 0 Å². The average molecular weight is 381 g/mol. The Morgan fingerprint density at radius 1 is 0.690 bits per heavy atom. The maximum absolute atomic E-state index is 12.6. The molecule has 0 saturated carbocycles. The van der Waals surface area contributed by atoms with Crippen molar-refractivity contribution in [3.05, 3.63) is 122 Å². The molecule has 0 fully saturated rings. The molecule has 0 saturated heterocycles. The topological polar surface area (TPSA) is 37.4 Å². The van der Waals surface area contributed by atoms with Gasteiger partial charge in [-0.2, -0.15) is 0 Å². The van der Waals surface area contributed by atoms with E-state index in [-0.39, 0.29) is 10.9 Å². The van der Waals surface area contributed by atoms with Gasteiger partial charge >= 0.3 is 0 Å². The highest BCUT2D eigenvalue weighted by Gasteiger charge is 2.27. The van der Waals surface area contributed by atoms with Crippen molar-refractivity contribution in [2.45, 2.75) is 19.9 Å². The van der Waals surface area contributed by atoms with Crippen molar-refractivity contribution in [1.29, 1.82) is 0 Å². The SMILES string of the molecule is Cc1ccc(-c2c(N(CCc3ccccc3)Cc3ccccc3)c(=O)c2=O)cc1. The summed E-state index contributed by atoms with van der Waals surface area (Å²) >= 11 is 0. The van der Waals surface area contributed by atoms with Crippen LogP contribution in [-0.4, -0.2) is 6.54 Å². The second-order valence-electron chi connectivity index (χ2n) is 7.39. The lowest BCUT2D eigenvalue weighted by Crippen LogP contribution is -2.42. The molecular weight excluding hydrogens is 358 g/mol. The molecule has 0 bridgehead atoms.